The molecule has 5 heterocycles. The molecule has 4 aromatic rings. The monoisotopic (exact) mass is 539 g/mol. The van der Waals surface area contributed by atoms with Crippen LogP contribution in [-0.2, 0) is 9.53 Å². The zero-order chi connectivity index (χ0) is 27.3. The van der Waals surface area contributed by atoms with E-state index in [9.17, 15) is 4.79 Å². The normalized spacial score (nSPS) is 18.6. The number of nitrogens with zero attached hydrogens (tertiary/aromatic N) is 4. The van der Waals surface area contributed by atoms with E-state index in [1.807, 2.05) is 37.4 Å². The number of nitrogens with one attached hydrogen (secondary N) is 3. The van der Waals surface area contributed by atoms with Gasteiger partial charge in [-0.2, -0.15) is 0 Å². The van der Waals surface area contributed by atoms with Crippen molar-refractivity contribution in [2.24, 2.45) is 5.92 Å². The lowest BCUT2D eigenvalue weighted by atomic mass is 9.98. The van der Waals surface area contributed by atoms with E-state index in [0.717, 1.165) is 110 Å². The molecule has 1 atom stereocenters. The molecule has 0 amide bonds. The minimum absolute atomic E-state index is 0.0163. The summed E-state index contributed by atoms with van der Waals surface area (Å²) in [6.45, 7) is 7.29. The van der Waals surface area contributed by atoms with Gasteiger partial charge in [-0.05, 0) is 82.6 Å². The Morgan fingerprint density at radius 3 is 2.90 bits per heavy atom. The summed E-state index contributed by atoms with van der Waals surface area (Å²) in [4.78, 5) is 32.3. The summed E-state index contributed by atoms with van der Waals surface area (Å²) in [6.07, 6.45) is 7.45. The molecule has 6 rings (SSSR count). The number of carbonyl (C=O) groups excluding carboxylic acids is 1. The van der Waals surface area contributed by atoms with Gasteiger partial charge in [-0.1, -0.05) is 12.1 Å². The summed E-state index contributed by atoms with van der Waals surface area (Å²) in [7, 11) is 0. The highest BCUT2D eigenvalue weighted by Crippen LogP contribution is 2.30. The molecule has 0 aliphatic carbocycles. The number of pyridine rings is 2. The van der Waals surface area contributed by atoms with Crippen molar-refractivity contribution >= 4 is 22.6 Å². The molecule has 2 aliphatic rings. The van der Waals surface area contributed by atoms with Crippen molar-refractivity contribution in [2.75, 3.05) is 44.6 Å². The molecule has 208 valence electrons. The number of anilines is 1. The molecule has 1 aromatic carbocycles. The second-order valence-corrected chi connectivity index (χ2v) is 10.9. The fourth-order valence-corrected chi connectivity index (χ4v) is 5.75. The number of hydrogen-bond acceptors (Lipinski definition) is 8. The van der Waals surface area contributed by atoms with Gasteiger partial charge in [0, 0.05) is 36.3 Å². The van der Waals surface area contributed by atoms with E-state index in [1.54, 1.807) is 6.33 Å². The van der Waals surface area contributed by atoms with Gasteiger partial charge in [0.05, 0.1) is 46.7 Å². The van der Waals surface area contributed by atoms with Crippen LogP contribution in [0.4, 0.5) is 5.69 Å². The number of aryl methyl sites for hydroxylation is 1. The van der Waals surface area contributed by atoms with E-state index in [4.69, 9.17) is 4.74 Å². The maximum Gasteiger partial charge on any atom is 0.310 e. The Balaban J connectivity index is 1.07. The average molecular weight is 540 g/mol. The first-order valence-electron chi connectivity index (χ1n) is 14.4. The maximum atomic E-state index is 12.8. The van der Waals surface area contributed by atoms with Crippen LogP contribution in [0.1, 0.15) is 31.4 Å². The van der Waals surface area contributed by atoms with Crippen molar-refractivity contribution in [3.05, 3.63) is 60.7 Å². The molecule has 40 heavy (non-hydrogen) atoms. The highest BCUT2D eigenvalue weighted by Gasteiger charge is 2.29. The minimum atomic E-state index is -0.0219. The number of piperidine rings is 2. The van der Waals surface area contributed by atoms with E-state index < -0.39 is 0 Å². The van der Waals surface area contributed by atoms with Crippen LogP contribution in [0, 0.1) is 12.8 Å². The van der Waals surface area contributed by atoms with Gasteiger partial charge in [-0.25, -0.2) is 4.98 Å². The number of benzene rings is 1. The van der Waals surface area contributed by atoms with Gasteiger partial charge in [-0.15, -0.1) is 0 Å². The van der Waals surface area contributed by atoms with Gasteiger partial charge >= 0.3 is 5.97 Å². The van der Waals surface area contributed by atoms with Crippen molar-refractivity contribution in [3.63, 3.8) is 0 Å². The molecule has 0 spiro atoms. The number of esters is 1. The van der Waals surface area contributed by atoms with Crippen LogP contribution >= 0.6 is 0 Å². The zero-order valence-electron chi connectivity index (χ0n) is 23.0. The Hall–Kier alpha value is -3.82. The Bertz CT molecular complexity index is 1460. The molecule has 2 saturated heterocycles. The number of ether oxygens (including phenoxy) is 1. The molecule has 9 heteroatoms. The third kappa shape index (κ3) is 6.16. The maximum absolute atomic E-state index is 12.8. The number of aromatic nitrogens is 4. The number of hydrogen-bond donors (Lipinski definition) is 3. The van der Waals surface area contributed by atoms with Gasteiger partial charge in [0.1, 0.15) is 6.10 Å². The number of aromatic amines is 1. The Kier molecular flexibility index (Phi) is 8.02. The molecule has 9 nitrogen and oxygen atoms in total. The molecular formula is C31H37N7O2. The van der Waals surface area contributed by atoms with Crippen molar-refractivity contribution in [3.8, 4) is 22.6 Å². The summed E-state index contributed by atoms with van der Waals surface area (Å²) >= 11 is 0. The van der Waals surface area contributed by atoms with Crippen LogP contribution in [0.15, 0.2) is 55.0 Å². The zero-order valence-corrected chi connectivity index (χ0v) is 23.0. The topological polar surface area (TPSA) is 108 Å². The number of H-pyrrole nitrogens is 1. The highest BCUT2D eigenvalue weighted by atomic mass is 16.5. The number of imidazole rings is 1. The van der Waals surface area contributed by atoms with Gasteiger partial charge in [-0.3, -0.25) is 14.8 Å². The van der Waals surface area contributed by atoms with Crippen LogP contribution < -0.4 is 10.6 Å². The Labute approximate surface area is 234 Å². The van der Waals surface area contributed by atoms with Gasteiger partial charge < -0.3 is 25.3 Å². The third-order valence-electron chi connectivity index (χ3n) is 7.90. The first-order chi connectivity index (χ1) is 19.6. The SMILES string of the molecule is Cc1cccc(-c2[nH]cnc2-c2ccc3ncc(NCCN4CCCC(C(=O)OC5CCNCC5)C4)cc3c2)n1. The van der Waals surface area contributed by atoms with Crippen LogP contribution in [0.2, 0.25) is 0 Å². The van der Waals surface area contributed by atoms with Gasteiger partial charge in [0.2, 0.25) is 0 Å². The first-order valence-corrected chi connectivity index (χ1v) is 14.4. The van der Waals surface area contributed by atoms with E-state index in [0.29, 0.717) is 0 Å². The molecule has 1 unspecified atom stereocenters. The predicted molar refractivity (Wildman–Crippen MR) is 157 cm³/mol. The molecular weight excluding hydrogens is 502 g/mol. The fraction of sp³-hybridized carbons (Fsp3) is 0.419. The fourth-order valence-electron chi connectivity index (χ4n) is 5.75. The summed E-state index contributed by atoms with van der Waals surface area (Å²) in [5, 5.41) is 7.90. The highest BCUT2D eigenvalue weighted by molar-refractivity contribution is 5.88. The van der Waals surface area contributed by atoms with Crippen LogP contribution in [0.3, 0.4) is 0 Å². The van der Waals surface area contributed by atoms with Crippen LogP contribution in [-0.4, -0.2) is 76.2 Å². The number of fused-ring (bicyclic) bond motifs is 1. The first kappa shape index (κ1) is 26.4. The third-order valence-corrected chi connectivity index (χ3v) is 7.90. The van der Waals surface area contributed by atoms with Gasteiger partial charge in [0.15, 0.2) is 0 Å². The molecule has 2 aliphatic heterocycles. The van der Waals surface area contributed by atoms with E-state index in [1.165, 1.54) is 0 Å². The lowest BCUT2D eigenvalue weighted by molar-refractivity contribution is -0.157. The molecule has 3 N–H and O–H groups in total. The van der Waals surface area contributed by atoms with Crippen LogP contribution in [0.5, 0.6) is 0 Å². The molecule has 3 aromatic heterocycles. The lowest BCUT2D eigenvalue weighted by Crippen LogP contribution is -2.43. The Morgan fingerprint density at radius 2 is 2.02 bits per heavy atom. The van der Waals surface area contributed by atoms with E-state index in [-0.39, 0.29) is 18.0 Å². The van der Waals surface area contributed by atoms with Crippen molar-refractivity contribution < 1.29 is 9.53 Å². The van der Waals surface area contributed by atoms with Crippen molar-refractivity contribution in [2.45, 2.75) is 38.7 Å². The average Bonchev–Trinajstić information content (AvgIpc) is 3.48. The second-order valence-electron chi connectivity index (χ2n) is 10.9. The van der Waals surface area contributed by atoms with E-state index in [2.05, 4.69) is 53.7 Å². The second kappa shape index (κ2) is 12.1. The summed E-state index contributed by atoms with van der Waals surface area (Å²) in [5.74, 6) is -0.0383. The van der Waals surface area contributed by atoms with Crippen molar-refractivity contribution in [1.82, 2.24) is 30.2 Å². The standard InChI is InChI=1S/C31H37N7O2/c1-21-4-2-6-28(37-21)30-29(35-20-36-30)22-7-8-27-24(16-22)17-25(18-34-27)33-13-15-38-14-3-5-23(19-38)31(39)40-26-9-11-32-12-10-26/h2,4,6-8,16-18,20,23,26,32-33H,3,5,9-15,19H2,1H3,(H,35,36). The number of rotatable bonds is 8. The number of likely N-dealkylation sites (tertiary alicyclic amines) is 1. The van der Waals surface area contributed by atoms with E-state index >= 15 is 0 Å². The largest absolute Gasteiger partial charge is 0.462 e. The summed E-state index contributed by atoms with van der Waals surface area (Å²) < 4.78 is 5.83. The summed E-state index contributed by atoms with van der Waals surface area (Å²) in [5.41, 5.74) is 6.55. The predicted octanol–water partition coefficient (Wildman–Crippen LogP) is 4.41. The Morgan fingerprint density at radius 1 is 1.12 bits per heavy atom. The smallest absolute Gasteiger partial charge is 0.310 e. The van der Waals surface area contributed by atoms with Gasteiger partial charge in [0.25, 0.3) is 0 Å². The summed E-state index contributed by atoms with van der Waals surface area (Å²) in [6, 6.07) is 14.4. The lowest BCUT2D eigenvalue weighted by Gasteiger charge is -2.33. The van der Waals surface area contributed by atoms with Crippen molar-refractivity contribution in [1.29, 1.82) is 0 Å². The number of carbonyl (C=O) groups is 1. The molecule has 0 bridgehead atoms. The molecule has 2 fully saturated rings. The van der Waals surface area contributed by atoms with Crippen LogP contribution in [0.25, 0.3) is 33.5 Å². The minimum Gasteiger partial charge on any atom is -0.462 e. The molecule has 0 radical (unpaired) electrons. The molecule has 0 saturated carbocycles. The quantitative estimate of drug-likeness (QED) is 0.283.